The zero-order valence-electron chi connectivity index (χ0n) is 19.5. The lowest BCUT2D eigenvalue weighted by molar-refractivity contribution is 0.357. The van der Waals surface area contributed by atoms with E-state index in [2.05, 4.69) is 13.0 Å². The van der Waals surface area contributed by atoms with Gasteiger partial charge in [-0.1, -0.05) is 67.6 Å². The number of sulfonamides is 1. The molecule has 2 aliphatic heterocycles. The Morgan fingerprint density at radius 1 is 1.03 bits per heavy atom. The van der Waals surface area contributed by atoms with Gasteiger partial charge in [0.1, 0.15) is 16.5 Å². The van der Waals surface area contributed by atoms with Gasteiger partial charge in [-0.25, -0.2) is 8.42 Å². The zero-order chi connectivity index (χ0) is 24.7. The van der Waals surface area contributed by atoms with E-state index in [9.17, 15) is 13.7 Å². The van der Waals surface area contributed by atoms with Gasteiger partial charge in [0, 0.05) is 5.56 Å². The molecule has 1 unspecified atom stereocenters. The average molecular weight is 484 g/mol. The van der Waals surface area contributed by atoms with Crippen molar-refractivity contribution in [2.75, 3.05) is 4.31 Å². The predicted molar refractivity (Wildman–Crippen MR) is 136 cm³/mol. The van der Waals surface area contributed by atoms with E-state index >= 15 is 0 Å². The fraction of sp³-hybridized carbons (Fsp3) is 0.179. The summed E-state index contributed by atoms with van der Waals surface area (Å²) in [6, 6.07) is 24.7. The highest BCUT2D eigenvalue weighted by Gasteiger charge is 2.47. The van der Waals surface area contributed by atoms with Gasteiger partial charge < -0.3 is 10.5 Å². The van der Waals surface area contributed by atoms with E-state index in [0.29, 0.717) is 16.8 Å². The predicted octanol–water partition coefficient (Wildman–Crippen LogP) is 5.08. The van der Waals surface area contributed by atoms with Crippen molar-refractivity contribution < 1.29 is 13.2 Å². The first-order valence-corrected chi connectivity index (χ1v) is 12.9. The molecule has 3 aromatic carbocycles. The van der Waals surface area contributed by atoms with Crippen molar-refractivity contribution >= 4 is 21.5 Å². The molecule has 2 heterocycles. The van der Waals surface area contributed by atoms with Crippen molar-refractivity contribution in [2.24, 2.45) is 5.73 Å². The number of benzene rings is 3. The Morgan fingerprint density at radius 2 is 1.71 bits per heavy atom. The van der Waals surface area contributed by atoms with Crippen molar-refractivity contribution in [3.63, 3.8) is 0 Å². The summed E-state index contributed by atoms with van der Waals surface area (Å²) in [5.41, 5.74) is 11.1. The van der Waals surface area contributed by atoms with Crippen LogP contribution in [0.1, 0.15) is 40.7 Å². The topological polar surface area (TPSA) is 96.4 Å². The highest BCUT2D eigenvalue weighted by molar-refractivity contribution is 7.96. The molecule has 0 spiro atoms. The third-order valence-electron chi connectivity index (χ3n) is 6.65. The number of rotatable bonds is 4. The molecule has 5 rings (SSSR count). The highest BCUT2D eigenvalue weighted by atomic mass is 32.2. The Kier molecular flexibility index (Phi) is 5.62. The number of hydrogen-bond acceptors (Lipinski definition) is 5. The standard InChI is InChI=1S/C28H25N3O3S/c1-3-19-12-14-20(15-13-19)25-23(16-29)28(30)34-26-22-10-6-7-11-24(22)31(35(32,33)27(25)26)17-21-9-5-4-8-18(21)2/h4-15,25H,3,17,30H2,1-2H3. The van der Waals surface area contributed by atoms with Gasteiger partial charge in [0.15, 0.2) is 5.76 Å². The molecule has 6 nitrogen and oxygen atoms in total. The van der Waals surface area contributed by atoms with Gasteiger partial charge in [-0.3, -0.25) is 4.31 Å². The molecule has 0 fully saturated rings. The molecule has 0 aliphatic carbocycles. The maximum Gasteiger partial charge on any atom is 0.265 e. The summed E-state index contributed by atoms with van der Waals surface area (Å²) in [7, 11) is -4.09. The van der Waals surface area contributed by atoms with Crippen LogP contribution in [0.2, 0.25) is 0 Å². The molecule has 0 bridgehead atoms. The molecule has 1 atom stereocenters. The van der Waals surface area contributed by atoms with E-state index in [1.54, 1.807) is 12.1 Å². The second kappa shape index (κ2) is 8.64. The molecular formula is C28H25N3O3S. The summed E-state index contributed by atoms with van der Waals surface area (Å²) >= 11 is 0. The van der Waals surface area contributed by atoms with Gasteiger partial charge in [0.2, 0.25) is 5.88 Å². The Bertz CT molecular complexity index is 1530. The van der Waals surface area contributed by atoms with E-state index < -0.39 is 15.9 Å². The largest absolute Gasteiger partial charge is 0.439 e. The second-order valence-electron chi connectivity index (χ2n) is 8.67. The minimum absolute atomic E-state index is 0.0415. The summed E-state index contributed by atoms with van der Waals surface area (Å²) in [6.45, 7) is 4.17. The first kappa shape index (κ1) is 22.8. The van der Waals surface area contributed by atoms with Crippen molar-refractivity contribution in [3.05, 3.63) is 117 Å². The van der Waals surface area contributed by atoms with Crippen LogP contribution in [0.15, 0.2) is 89.2 Å². The molecule has 3 aromatic rings. The Hall–Kier alpha value is -4.02. The lowest BCUT2D eigenvalue weighted by Gasteiger charge is -2.38. The minimum Gasteiger partial charge on any atom is -0.439 e. The van der Waals surface area contributed by atoms with Gasteiger partial charge in [0.05, 0.1) is 18.2 Å². The molecule has 0 radical (unpaired) electrons. The molecule has 2 N–H and O–H groups in total. The van der Waals surface area contributed by atoms with E-state index in [4.69, 9.17) is 10.5 Å². The Morgan fingerprint density at radius 3 is 2.40 bits per heavy atom. The summed E-state index contributed by atoms with van der Waals surface area (Å²) in [6.07, 6.45) is 0.848. The van der Waals surface area contributed by atoms with E-state index in [1.807, 2.05) is 67.6 Å². The van der Waals surface area contributed by atoms with Crippen LogP contribution in [-0.2, 0) is 27.7 Å². The number of fused-ring (bicyclic) bond motifs is 2. The number of aryl methyl sites for hydroxylation is 2. The lowest BCUT2D eigenvalue weighted by atomic mass is 9.87. The fourth-order valence-electron chi connectivity index (χ4n) is 4.70. The fourth-order valence-corrected chi connectivity index (χ4v) is 6.60. The molecule has 0 saturated carbocycles. The van der Waals surface area contributed by atoms with Gasteiger partial charge >= 0.3 is 0 Å². The van der Waals surface area contributed by atoms with Crippen LogP contribution in [0, 0.1) is 18.3 Å². The second-order valence-corrected chi connectivity index (χ2v) is 10.5. The van der Waals surface area contributed by atoms with Crippen molar-refractivity contribution in [1.29, 1.82) is 5.26 Å². The van der Waals surface area contributed by atoms with Crippen LogP contribution in [0.25, 0.3) is 5.76 Å². The van der Waals surface area contributed by atoms with Crippen LogP contribution in [0.5, 0.6) is 0 Å². The number of para-hydroxylation sites is 1. The SMILES string of the molecule is CCc1ccc(C2C(C#N)=C(N)OC3=C2S(=O)(=O)N(Cc2ccccc2C)c2ccccc23)cc1. The number of nitrogens with two attached hydrogens (primary N) is 1. The highest BCUT2D eigenvalue weighted by Crippen LogP contribution is 2.51. The molecule has 0 aromatic heterocycles. The third-order valence-corrected chi connectivity index (χ3v) is 8.54. The van der Waals surface area contributed by atoms with Crippen LogP contribution in [0.3, 0.4) is 0 Å². The van der Waals surface area contributed by atoms with Crippen LogP contribution >= 0.6 is 0 Å². The smallest absolute Gasteiger partial charge is 0.265 e. The van der Waals surface area contributed by atoms with Gasteiger partial charge in [-0.15, -0.1) is 0 Å². The summed E-state index contributed by atoms with van der Waals surface area (Å²) in [5.74, 6) is -0.761. The summed E-state index contributed by atoms with van der Waals surface area (Å²) < 4.78 is 35.9. The Labute approximate surface area is 205 Å². The summed E-state index contributed by atoms with van der Waals surface area (Å²) in [4.78, 5) is 0.0415. The number of nitrogens with zero attached hydrogens (tertiary/aromatic N) is 2. The number of anilines is 1. The molecule has 2 aliphatic rings. The quantitative estimate of drug-likeness (QED) is 0.558. The Balaban J connectivity index is 1.75. The maximum absolute atomic E-state index is 14.3. The van der Waals surface area contributed by atoms with Crippen LogP contribution < -0.4 is 10.0 Å². The van der Waals surface area contributed by atoms with Crippen molar-refractivity contribution in [3.8, 4) is 6.07 Å². The number of nitriles is 1. The number of ether oxygens (including phenoxy) is 1. The minimum atomic E-state index is -4.09. The maximum atomic E-state index is 14.3. The van der Waals surface area contributed by atoms with Gasteiger partial charge in [0.25, 0.3) is 10.0 Å². The summed E-state index contributed by atoms with van der Waals surface area (Å²) in [5, 5.41) is 9.99. The van der Waals surface area contributed by atoms with E-state index in [0.717, 1.165) is 23.1 Å². The van der Waals surface area contributed by atoms with Gasteiger partial charge in [-0.05, 0) is 47.7 Å². The van der Waals surface area contributed by atoms with E-state index in [1.165, 1.54) is 4.31 Å². The molecular weight excluding hydrogens is 458 g/mol. The average Bonchev–Trinajstić information content (AvgIpc) is 2.87. The van der Waals surface area contributed by atoms with E-state index in [-0.39, 0.29) is 28.7 Å². The van der Waals surface area contributed by atoms with Gasteiger partial charge in [-0.2, -0.15) is 5.26 Å². The zero-order valence-corrected chi connectivity index (χ0v) is 20.3. The number of hydrogen-bond donors (Lipinski definition) is 1. The van der Waals surface area contributed by atoms with Crippen molar-refractivity contribution in [2.45, 2.75) is 32.7 Å². The number of allylic oxidation sites excluding steroid dienone is 2. The molecule has 35 heavy (non-hydrogen) atoms. The lowest BCUT2D eigenvalue weighted by Crippen LogP contribution is -2.39. The normalized spacial score (nSPS) is 18.4. The van der Waals surface area contributed by atoms with Crippen molar-refractivity contribution in [1.82, 2.24) is 0 Å². The van der Waals surface area contributed by atoms with Crippen LogP contribution in [-0.4, -0.2) is 8.42 Å². The molecule has 0 saturated heterocycles. The third kappa shape index (κ3) is 3.67. The monoisotopic (exact) mass is 483 g/mol. The first-order chi connectivity index (χ1) is 16.9. The van der Waals surface area contributed by atoms with Crippen LogP contribution in [0.4, 0.5) is 5.69 Å². The molecule has 0 amide bonds. The molecule has 7 heteroatoms. The first-order valence-electron chi connectivity index (χ1n) is 11.4. The molecule has 176 valence electrons.